The Kier molecular flexibility index (Phi) is 13.8. The molecule has 3 rings (SSSR count). The molecule has 8 heteroatoms. The fourth-order valence-corrected chi connectivity index (χ4v) is 5.62. The summed E-state index contributed by atoms with van der Waals surface area (Å²) in [6, 6.07) is 11.7. The van der Waals surface area contributed by atoms with Crippen molar-refractivity contribution < 1.29 is 28.4 Å². The Morgan fingerprint density at radius 3 is 1.33 bits per heavy atom. The normalized spacial score (nSPS) is 12.0. The van der Waals surface area contributed by atoms with E-state index in [1.54, 1.807) is 35.5 Å². The Morgan fingerprint density at radius 2 is 0.930 bits per heavy atom. The van der Waals surface area contributed by atoms with Crippen LogP contribution in [0.5, 0.6) is 34.5 Å². The number of methoxy groups -OCH3 is 5. The molecule has 3 aromatic carbocycles. The van der Waals surface area contributed by atoms with Crippen LogP contribution >= 0.6 is 31.9 Å². The minimum atomic E-state index is 0.480. The van der Waals surface area contributed by atoms with E-state index < -0.39 is 0 Å². The maximum Gasteiger partial charge on any atom is 0.133 e. The zero-order valence-electron chi connectivity index (χ0n) is 26.1. The van der Waals surface area contributed by atoms with Crippen LogP contribution in [0, 0.1) is 5.92 Å². The van der Waals surface area contributed by atoms with E-state index in [9.17, 15) is 0 Å². The summed E-state index contributed by atoms with van der Waals surface area (Å²) in [6.45, 7) is 5.08. The summed E-state index contributed by atoms with van der Waals surface area (Å²) in [7, 11) is 8.26. The third kappa shape index (κ3) is 9.19. The summed E-state index contributed by atoms with van der Waals surface area (Å²) in [4.78, 5) is 0. The van der Waals surface area contributed by atoms with E-state index in [1.165, 1.54) is 12.8 Å². The minimum absolute atomic E-state index is 0.480. The average Bonchev–Trinajstić information content (AvgIpc) is 3.03. The first-order chi connectivity index (χ1) is 20.8. The molecule has 1 atom stereocenters. The van der Waals surface area contributed by atoms with Crippen LogP contribution in [0.4, 0.5) is 0 Å². The summed E-state index contributed by atoms with van der Waals surface area (Å²) >= 11 is 7.07. The van der Waals surface area contributed by atoms with Crippen LogP contribution in [0.25, 0.3) is 24.3 Å². The highest BCUT2D eigenvalue weighted by Crippen LogP contribution is 2.37. The van der Waals surface area contributed by atoms with Crippen LogP contribution in [-0.2, 0) is 0 Å². The molecule has 6 nitrogen and oxygen atoms in total. The lowest BCUT2D eigenvalue weighted by molar-refractivity contribution is 0.232. The summed E-state index contributed by atoms with van der Waals surface area (Å²) < 4.78 is 36.3. The van der Waals surface area contributed by atoms with Crippen molar-refractivity contribution in [3.63, 3.8) is 0 Å². The molecule has 0 aliphatic rings. The summed E-state index contributed by atoms with van der Waals surface area (Å²) in [5.74, 6) is 4.85. The maximum atomic E-state index is 6.53. The molecule has 0 aromatic heterocycles. The Labute approximate surface area is 273 Å². The Morgan fingerprint density at radius 1 is 0.558 bits per heavy atom. The topological polar surface area (TPSA) is 55.4 Å². The van der Waals surface area contributed by atoms with Crippen molar-refractivity contribution >= 4 is 56.2 Å². The minimum Gasteiger partial charge on any atom is -0.496 e. The molecule has 1 unspecified atom stereocenters. The third-order valence-electron chi connectivity index (χ3n) is 7.27. The van der Waals surface area contributed by atoms with E-state index in [2.05, 4.69) is 45.7 Å². The largest absolute Gasteiger partial charge is 0.496 e. The lowest BCUT2D eigenvalue weighted by Gasteiger charge is -2.18. The van der Waals surface area contributed by atoms with E-state index >= 15 is 0 Å². The third-order valence-corrected chi connectivity index (χ3v) is 8.51. The molecule has 43 heavy (non-hydrogen) atoms. The maximum absolute atomic E-state index is 6.53. The standard InChI is InChI=1S/C35H42Br2O6/c1-8-10-11-23(9-2)22-43-33-17-24(12-13-25-18-34(41-6)28(36)20-31(25)39-4)30(38-3)16-27(33)15-14-26-19-35(42-7)29(37)21-32(26)40-5/h12-21,23H,8-11,22H2,1-7H3. The number of benzene rings is 3. The van der Waals surface area contributed by atoms with Gasteiger partial charge in [-0.15, -0.1) is 0 Å². The molecule has 0 saturated heterocycles. The van der Waals surface area contributed by atoms with E-state index in [0.29, 0.717) is 18.3 Å². The van der Waals surface area contributed by atoms with Gasteiger partial charge < -0.3 is 28.4 Å². The van der Waals surface area contributed by atoms with Crippen LogP contribution in [0.15, 0.2) is 45.3 Å². The zero-order valence-corrected chi connectivity index (χ0v) is 29.3. The second-order valence-electron chi connectivity index (χ2n) is 9.98. The lowest BCUT2D eigenvalue weighted by atomic mass is 10.0. The Hall–Kier alpha value is -3.10. The average molecular weight is 719 g/mol. The van der Waals surface area contributed by atoms with Crippen molar-refractivity contribution in [1.82, 2.24) is 0 Å². The van der Waals surface area contributed by atoms with Gasteiger partial charge in [-0.3, -0.25) is 0 Å². The van der Waals surface area contributed by atoms with Crippen LogP contribution in [-0.4, -0.2) is 42.2 Å². The van der Waals surface area contributed by atoms with Crippen LogP contribution < -0.4 is 28.4 Å². The second-order valence-corrected chi connectivity index (χ2v) is 11.7. The molecule has 232 valence electrons. The van der Waals surface area contributed by atoms with Crippen molar-refractivity contribution in [3.8, 4) is 34.5 Å². The van der Waals surface area contributed by atoms with E-state index in [1.807, 2.05) is 60.7 Å². The summed E-state index contributed by atoms with van der Waals surface area (Å²) in [5.41, 5.74) is 3.52. The molecule has 0 aliphatic heterocycles. The van der Waals surface area contributed by atoms with Gasteiger partial charge >= 0.3 is 0 Å². The zero-order chi connectivity index (χ0) is 31.4. The van der Waals surface area contributed by atoms with Crippen LogP contribution in [0.3, 0.4) is 0 Å². The van der Waals surface area contributed by atoms with Gasteiger partial charge in [-0.1, -0.05) is 57.4 Å². The molecule has 3 aromatic rings. The van der Waals surface area contributed by atoms with Crippen molar-refractivity contribution in [1.29, 1.82) is 0 Å². The van der Waals surface area contributed by atoms with Crippen molar-refractivity contribution in [3.05, 3.63) is 67.6 Å². The number of hydrogen-bond donors (Lipinski definition) is 0. The molecule has 0 N–H and O–H groups in total. The van der Waals surface area contributed by atoms with Gasteiger partial charge in [0.15, 0.2) is 0 Å². The van der Waals surface area contributed by atoms with Gasteiger partial charge in [0.05, 0.1) is 51.1 Å². The number of rotatable bonds is 16. The van der Waals surface area contributed by atoms with Crippen LogP contribution in [0.1, 0.15) is 61.8 Å². The quantitative estimate of drug-likeness (QED) is 0.138. The summed E-state index contributed by atoms with van der Waals surface area (Å²) in [5, 5.41) is 0. The van der Waals surface area contributed by atoms with Gasteiger partial charge in [0.2, 0.25) is 0 Å². The molecule has 0 bridgehead atoms. The Balaban J connectivity index is 2.08. The van der Waals surface area contributed by atoms with Crippen LogP contribution in [0.2, 0.25) is 0 Å². The fourth-order valence-electron chi connectivity index (χ4n) is 4.65. The number of hydrogen-bond acceptors (Lipinski definition) is 6. The molecule has 0 fully saturated rings. The van der Waals surface area contributed by atoms with E-state index in [-0.39, 0.29) is 0 Å². The fraction of sp³-hybridized carbons (Fsp3) is 0.371. The molecule has 0 spiro atoms. The first-order valence-electron chi connectivity index (χ1n) is 14.4. The second kappa shape index (κ2) is 17.3. The predicted octanol–water partition coefficient (Wildman–Crippen LogP) is 10.2. The molecule has 0 aliphatic carbocycles. The smallest absolute Gasteiger partial charge is 0.133 e. The highest BCUT2D eigenvalue weighted by Gasteiger charge is 2.14. The van der Waals surface area contributed by atoms with Gasteiger partial charge in [-0.25, -0.2) is 0 Å². The molecule has 0 saturated carbocycles. The Bertz CT molecular complexity index is 1420. The van der Waals surface area contributed by atoms with Gasteiger partial charge in [-0.2, -0.15) is 0 Å². The highest BCUT2D eigenvalue weighted by atomic mass is 79.9. The van der Waals surface area contributed by atoms with Crippen molar-refractivity contribution in [2.75, 3.05) is 42.2 Å². The van der Waals surface area contributed by atoms with Gasteiger partial charge in [0.1, 0.15) is 34.5 Å². The number of halogens is 2. The van der Waals surface area contributed by atoms with E-state index in [4.69, 9.17) is 28.4 Å². The van der Waals surface area contributed by atoms with Gasteiger partial charge in [0.25, 0.3) is 0 Å². The van der Waals surface area contributed by atoms with Gasteiger partial charge in [-0.05, 0) is 80.6 Å². The molecule has 0 heterocycles. The molecular formula is C35H42Br2O6. The van der Waals surface area contributed by atoms with E-state index in [0.717, 1.165) is 72.8 Å². The lowest BCUT2D eigenvalue weighted by Crippen LogP contribution is -2.12. The first kappa shape index (κ1) is 34.4. The molecule has 0 radical (unpaired) electrons. The first-order valence-corrected chi connectivity index (χ1v) is 15.9. The summed E-state index contributed by atoms with van der Waals surface area (Å²) in [6.07, 6.45) is 12.6. The monoisotopic (exact) mass is 716 g/mol. The number of ether oxygens (including phenoxy) is 6. The van der Waals surface area contributed by atoms with Crippen molar-refractivity contribution in [2.45, 2.75) is 39.5 Å². The molecule has 0 amide bonds. The number of unbranched alkanes of at least 4 members (excludes halogenated alkanes) is 1. The predicted molar refractivity (Wildman–Crippen MR) is 184 cm³/mol. The van der Waals surface area contributed by atoms with Gasteiger partial charge in [0, 0.05) is 22.3 Å². The molecular weight excluding hydrogens is 676 g/mol. The SMILES string of the molecule is CCCCC(CC)COc1cc(C=Cc2cc(OC)c(Br)cc2OC)c(OC)cc1C=Cc1cc(OC)c(Br)cc1OC. The highest BCUT2D eigenvalue weighted by molar-refractivity contribution is 9.11. The van der Waals surface area contributed by atoms with Crippen molar-refractivity contribution in [2.24, 2.45) is 5.92 Å².